The zero-order chi connectivity index (χ0) is 20.7. The van der Waals surface area contributed by atoms with Gasteiger partial charge in [-0.1, -0.05) is 6.07 Å². The van der Waals surface area contributed by atoms with Gasteiger partial charge >= 0.3 is 11.9 Å². The minimum absolute atomic E-state index is 0.157. The second-order valence-electron chi connectivity index (χ2n) is 6.14. The van der Waals surface area contributed by atoms with Gasteiger partial charge in [-0.2, -0.15) is 0 Å². The Hall–Kier alpha value is -3.35. The van der Waals surface area contributed by atoms with E-state index in [1.807, 2.05) is 25.1 Å². The van der Waals surface area contributed by atoms with Gasteiger partial charge in [-0.05, 0) is 50.2 Å². The van der Waals surface area contributed by atoms with Crippen LogP contribution < -0.4 is 10.2 Å². The fourth-order valence-corrected chi connectivity index (χ4v) is 2.49. The van der Waals surface area contributed by atoms with Gasteiger partial charge < -0.3 is 19.7 Å². The first-order valence-corrected chi connectivity index (χ1v) is 8.93. The molecule has 148 valence electrons. The van der Waals surface area contributed by atoms with Crippen LogP contribution in [0, 0.1) is 0 Å². The number of amides is 1. The number of nitrogens with zero attached hydrogens (tertiary/aromatic N) is 1. The van der Waals surface area contributed by atoms with Gasteiger partial charge in [0, 0.05) is 31.0 Å². The minimum Gasteiger partial charge on any atom is -0.462 e. The molecule has 0 saturated carbocycles. The average molecular weight is 384 g/mol. The number of ether oxygens (including phenoxy) is 2. The smallest absolute Gasteiger partial charge is 0.338 e. The zero-order valence-electron chi connectivity index (χ0n) is 16.4. The molecule has 2 aromatic carbocycles. The van der Waals surface area contributed by atoms with E-state index in [1.54, 1.807) is 32.0 Å². The Bertz CT molecular complexity index is 841. The first-order valence-electron chi connectivity index (χ1n) is 8.93. The predicted molar refractivity (Wildman–Crippen MR) is 107 cm³/mol. The molecule has 2 aromatic rings. The molecule has 0 aliphatic rings. The summed E-state index contributed by atoms with van der Waals surface area (Å²) in [7, 11) is 3.76. The summed E-state index contributed by atoms with van der Waals surface area (Å²) in [5.41, 5.74) is 1.94. The summed E-state index contributed by atoms with van der Waals surface area (Å²) in [5, 5.41) is 2.73. The van der Waals surface area contributed by atoms with E-state index in [4.69, 9.17) is 9.47 Å². The molecule has 0 fully saturated rings. The Labute approximate surface area is 164 Å². The van der Waals surface area contributed by atoms with Crippen LogP contribution in [0.3, 0.4) is 0 Å². The first kappa shape index (κ1) is 21.0. The summed E-state index contributed by atoms with van der Waals surface area (Å²) in [4.78, 5) is 38.8. The highest BCUT2D eigenvalue weighted by molar-refractivity contribution is 6.06. The summed E-state index contributed by atoms with van der Waals surface area (Å²) >= 11 is 0. The van der Waals surface area contributed by atoms with Gasteiger partial charge in [-0.25, -0.2) is 9.59 Å². The molecule has 0 aliphatic carbocycles. The molecule has 0 saturated heterocycles. The van der Waals surface area contributed by atoms with E-state index in [1.165, 1.54) is 18.2 Å². The molecule has 0 aliphatic heterocycles. The van der Waals surface area contributed by atoms with Gasteiger partial charge in [0.2, 0.25) is 0 Å². The lowest BCUT2D eigenvalue weighted by molar-refractivity contribution is 0.0525. The molecule has 7 nitrogen and oxygen atoms in total. The fourth-order valence-electron chi connectivity index (χ4n) is 2.49. The van der Waals surface area contributed by atoms with E-state index in [-0.39, 0.29) is 30.2 Å². The maximum absolute atomic E-state index is 12.6. The van der Waals surface area contributed by atoms with Gasteiger partial charge in [0.05, 0.1) is 24.3 Å². The Kier molecular flexibility index (Phi) is 7.14. The molecule has 2 rings (SSSR count). The van der Waals surface area contributed by atoms with Crippen LogP contribution in [0.1, 0.15) is 44.9 Å². The largest absolute Gasteiger partial charge is 0.462 e. The quantitative estimate of drug-likeness (QED) is 0.737. The third-order valence-electron chi connectivity index (χ3n) is 3.84. The summed E-state index contributed by atoms with van der Waals surface area (Å²) < 4.78 is 10.0. The SMILES string of the molecule is CCOC(=O)c1cc(NC(=O)c2cccc(N(C)C)c2)cc(C(=O)OCC)c1. The van der Waals surface area contributed by atoms with Crippen LogP contribution in [-0.2, 0) is 9.47 Å². The summed E-state index contributed by atoms with van der Waals surface area (Å²) in [6, 6.07) is 11.4. The minimum atomic E-state index is -0.584. The molecule has 0 heterocycles. The van der Waals surface area contributed by atoms with Crippen molar-refractivity contribution < 1.29 is 23.9 Å². The third kappa shape index (κ3) is 5.33. The standard InChI is InChI=1S/C21H24N2O5/c1-5-27-20(25)15-10-16(21(26)28-6-2)12-17(11-15)22-19(24)14-8-7-9-18(13-14)23(3)4/h7-13H,5-6H2,1-4H3,(H,22,24). The molecule has 1 N–H and O–H groups in total. The highest BCUT2D eigenvalue weighted by Crippen LogP contribution is 2.20. The van der Waals surface area contributed by atoms with Gasteiger partial charge in [0.25, 0.3) is 5.91 Å². The fraction of sp³-hybridized carbons (Fsp3) is 0.286. The highest BCUT2D eigenvalue weighted by atomic mass is 16.5. The molecule has 0 bridgehead atoms. The number of benzene rings is 2. The number of hydrogen-bond donors (Lipinski definition) is 1. The number of rotatable bonds is 7. The van der Waals surface area contributed by atoms with Crippen molar-refractivity contribution in [2.45, 2.75) is 13.8 Å². The lowest BCUT2D eigenvalue weighted by atomic mass is 10.1. The molecule has 28 heavy (non-hydrogen) atoms. The summed E-state index contributed by atoms with van der Waals surface area (Å²) in [6.07, 6.45) is 0. The van der Waals surface area contributed by atoms with Crippen LogP contribution in [0.2, 0.25) is 0 Å². The van der Waals surface area contributed by atoms with E-state index in [0.29, 0.717) is 11.3 Å². The monoisotopic (exact) mass is 384 g/mol. The average Bonchev–Trinajstić information content (AvgIpc) is 2.68. The number of nitrogens with one attached hydrogen (secondary N) is 1. The van der Waals surface area contributed by atoms with E-state index in [9.17, 15) is 14.4 Å². The highest BCUT2D eigenvalue weighted by Gasteiger charge is 2.16. The Morgan fingerprint density at radius 3 is 1.93 bits per heavy atom. The van der Waals surface area contributed by atoms with Crippen LogP contribution in [-0.4, -0.2) is 45.2 Å². The Balaban J connectivity index is 2.35. The van der Waals surface area contributed by atoms with Crippen molar-refractivity contribution in [2.24, 2.45) is 0 Å². The van der Waals surface area contributed by atoms with Crippen molar-refractivity contribution >= 4 is 29.2 Å². The van der Waals surface area contributed by atoms with Gasteiger partial charge in [0.15, 0.2) is 0 Å². The van der Waals surface area contributed by atoms with Crippen LogP contribution in [0.4, 0.5) is 11.4 Å². The summed E-state index contributed by atoms with van der Waals surface area (Å²) in [6.45, 7) is 3.77. The lowest BCUT2D eigenvalue weighted by Crippen LogP contribution is -2.16. The lowest BCUT2D eigenvalue weighted by Gasteiger charge is -2.14. The maximum atomic E-state index is 12.6. The maximum Gasteiger partial charge on any atom is 0.338 e. The number of esters is 2. The second kappa shape index (κ2) is 9.55. The van der Waals surface area contributed by atoms with Crippen molar-refractivity contribution in [3.63, 3.8) is 0 Å². The second-order valence-corrected chi connectivity index (χ2v) is 6.14. The summed E-state index contributed by atoms with van der Waals surface area (Å²) in [5.74, 6) is -1.53. The van der Waals surface area contributed by atoms with Crippen molar-refractivity contribution in [2.75, 3.05) is 37.5 Å². The molecule has 7 heteroatoms. The molecular weight excluding hydrogens is 360 g/mol. The number of carbonyl (C=O) groups is 3. The number of hydrogen-bond acceptors (Lipinski definition) is 6. The molecular formula is C21H24N2O5. The van der Waals surface area contributed by atoms with Crippen LogP contribution in [0.5, 0.6) is 0 Å². The third-order valence-corrected chi connectivity index (χ3v) is 3.84. The van der Waals surface area contributed by atoms with Crippen molar-refractivity contribution in [3.8, 4) is 0 Å². The first-order chi connectivity index (χ1) is 13.3. The van der Waals surface area contributed by atoms with Crippen LogP contribution in [0.25, 0.3) is 0 Å². The molecule has 1 amide bonds. The normalized spacial score (nSPS) is 10.1. The van der Waals surface area contributed by atoms with Gasteiger partial charge in [-0.3, -0.25) is 4.79 Å². The molecule has 0 aromatic heterocycles. The zero-order valence-corrected chi connectivity index (χ0v) is 16.4. The van der Waals surface area contributed by atoms with E-state index in [2.05, 4.69) is 5.32 Å². The van der Waals surface area contributed by atoms with Gasteiger partial charge in [-0.15, -0.1) is 0 Å². The predicted octanol–water partition coefficient (Wildman–Crippen LogP) is 3.36. The topological polar surface area (TPSA) is 84.9 Å². The van der Waals surface area contributed by atoms with E-state index >= 15 is 0 Å². The van der Waals surface area contributed by atoms with E-state index < -0.39 is 11.9 Å². The molecule has 0 unspecified atom stereocenters. The number of carbonyl (C=O) groups excluding carboxylic acids is 3. The molecule has 0 atom stereocenters. The van der Waals surface area contributed by atoms with Crippen LogP contribution >= 0.6 is 0 Å². The van der Waals surface area contributed by atoms with Crippen molar-refractivity contribution in [1.82, 2.24) is 0 Å². The van der Waals surface area contributed by atoms with Crippen molar-refractivity contribution in [3.05, 3.63) is 59.2 Å². The number of anilines is 2. The van der Waals surface area contributed by atoms with Gasteiger partial charge in [0.1, 0.15) is 0 Å². The molecule has 0 spiro atoms. The van der Waals surface area contributed by atoms with Crippen molar-refractivity contribution in [1.29, 1.82) is 0 Å². The Morgan fingerprint density at radius 2 is 1.43 bits per heavy atom. The van der Waals surface area contributed by atoms with Crippen LogP contribution in [0.15, 0.2) is 42.5 Å². The molecule has 0 radical (unpaired) electrons. The Morgan fingerprint density at radius 1 is 0.857 bits per heavy atom. The van der Waals surface area contributed by atoms with E-state index in [0.717, 1.165) is 5.69 Å².